The Balaban J connectivity index is 2.27. The van der Waals surface area contributed by atoms with Crippen LogP contribution < -0.4 is 0 Å². The molecule has 0 spiro atoms. The van der Waals surface area contributed by atoms with Crippen LogP contribution in [-0.4, -0.2) is 19.7 Å². The molecule has 2 aromatic rings. The number of nitrogens with zero attached hydrogens (tertiary/aromatic N) is 4. The fourth-order valence-electron chi connectivity index (χ4n) is 1.23. The molecule has 0 radical (unpaired) electrons. The zero-order valence-electron chi connectivity index (χ0n) is 10.1. The van der Waals surface area contributed by atoms with Crippen molar-refractivity contribution in [2.45, 2.75) is 35.7 Å². The Morgan fingerprint density at radius 2 is 2.12 bits per heavy atom. The van der Waals surface area contributed by atoms with E-state index in [2.05, 4.69) is 51.9 Å². The molecule has 0 amide bonds. The summed E-state index contributed by atoms with van der Waals surface area (Å²) in [6.07, 6.45) is 1.69. The van der Waals surface area contributed by atoms with E-state index in [4.69, 9.17) is 0 Å². The number of thiazole rings is 1. The van der Waals surface area contributed by atoms with Gasteiger partial charge in [-0.2, -0.15) is 0 Å². The first-order chi connectivity index (χ1) is 7.88. The highest BCUT2D eigenvalue weighted by Crippen LogP contribution is 2.39. The van der Waals surface area contributed by atoms with Gasteiger partial charge in [-0.25, -0.2) is 4.98 Å². The predicted molar refractivity (Wildman–Crippen MR) is 73.6 cm³/mol. The van der Waals surface area contributed by atoms with Gasteiger partial charge in [0.05, 0.1) is 9.48 Å². The lowest BCUT2D eigenvalue weighted by Crippen LogP contribution is -2.12. The standard InChI is InChI=1S/C10H13BrN4S2/c1-10(2,3)6-7(11)16-9(13-6)17-8-14-12-5-15(8)4/h5H,1-4H3. The van der Waals surface area contributed by atoms with Crippen LogP contribution in [0.4, 0.5) is 0 Å². The average molecular weight is 333 g/mol. The van der Waals surface area contributed by atoms with Crippen molar-refractivity contribution in [2.24, 2.45) is 7.05 Å². The normalized spacial score (nSPS) is 12.1. The highest BCUT2D eigenvalue weighted by atomic mass is 79.9. The van der Waals surface area contributed by atoms with Crippen LogP contribution in [0.2, 0.25) is 0 Å². The zero-order chi connectivity index (χ0) is 12.6. The summed E-state index contributed by atoms with van der Waals surface area (Å²) in [5.74, 6) is 0. The van der Waals surface area contributed by atoms with Gasteiger partial charge in [0.2, 0.25) is 0 Å². The van der Waals surface area contributed by atoms with Gasteiger partial charge in [0.1, 0.15) is 6.33 Å². The lowest BCUT2D eigenvalue weighted by Gasteiger charge is -2.15. The van der Waals surface area contributed by atoms with Crippen LogP contribution in [0.15, 0.2) is 19.6 Å². The molecule has 0 unspecified atom stereocenters. The molecule has 92 valence electrons. The van der Waals surface area contributed by atoms with Gasteiger partial charge >= 0.3 is 0 Å². The molecular formula is C10H13BrN4S2. The van der Waals surface area contributed by atoms with E-state index >= 15 is 0 Å². The van der Waals surface area contributed by atoms with E-state index in [-0.39, 0.29) is 5.41 Å². The third-order valence-corrected chi connectivity index (χ3v) is 4.94. The van der Waals surface area contributed by atoms with Gasteiger partial charge in [0.25, 0.3) is 0 Å². The fourth-order valence-corrected chi connectivity index (χ4v) is 4.65. The molecule has 0 aliphatic carbocycles. The maximum atomic E-state index is 4.65. The lowest BCUT2D eigenvalue weighted by molar-refractivity contribution is 0.566. The maximum Gasteiger partial charge on any atom is 0.197 e. The SMILES string of the molecule is Cn1cnnc1Sc1nc(C(C)(C)C)c(Br)s1. The average Bonchev–Trinajstić information content (AvgIpc) is 2.74. The summed E-state index contributed by atoms with van der Waals surface area (Å²) in [5, 5.41) is 8.75. The number of hydrogen-bond acceptors (Lipinski definition) is 5. The molecule has 0 fully saturated rings. The van der Waals surface area contributed by atoms with Gasteiger partial charge in [0.15, 0.2) is 9.50 Å². The monoisotopic (exact) mass is 332 g/mol. The second kappa shape index (κ2) is 4.70. The summed E-state index contributed by atoms with van der Waals surface area (Å²) in [6.45, 7) is 6.47. The van der Waals surface area contributed by atoms with Crippen molar-refractivity contribution in [1.29, 1.82) is 0 Å². The van der Waals surface area contributed by atoms with Crippen LogP contribution in [0, 0.1) is 0 Å². The van der Waals surface area contributed by atoms with Crippen LogP contribution >= 0.6 is 39.0 Å². The van der Waals surface area contributed by atoms with E-state index in [0.717, 1.165) is 19.0 Å². The van der Waals surface area contributed by atoms with Gasteiger partial charge in [-0.05, 0) is 27.7 Å². The van der Waals surface area contributed by atoms with Crippen LogP contribution in [0.25, 0.3) is 0 Å². The maximum absolute atomic E-state index is 4.65. The summed E-state index contributed by atoms with van der Waals surface area (Å²) < 4.78 is 3.96. The number of halogens is 1. The molecule has 0 aliphatic rings. The summed E-state index contributed by atoms with van der Waals surface area (Å²) in [4.78, 5) is 4.65. The van der Waals surface area contributed by atoms with Gasteiger partial charge in [-0.3, -0.25) is 0 Å². The molecule has 0 saturated carbocycles. The molecule has 0 aromatic carbocycles. The first-order valence-corrected chi connectivity index (χ1v) is 7.49. The van der Waals surface area contributed by atoms with Crippen LogP contribution in [0.3, 0.4) is 0 Å². The molecular weight excluding hydrogens is 320 g/mol. The van der Waals surface area contributed by atoms with Gasteiger partial charge < -0.3 is 4.57 Å². The van der Waals surface area contributed by atoms with E-state index in [1.807, 2.05) is 11.6 Å². The second-order valence-electron chi connectivity index (χ2n) is 4.68. The molecule has 2 aromatic heterocycles. The topological polar surface area (TPSA) is 43.6 Å². The first-order valence-electron chi connectivity index (χ1n) is 5.06. The summed E-state index contributed by atoms with van der Waals surface area (Å²) in [5.41, 5.74) is 1.14. The van der Waals surface area contributed by atoms with Gasteiger partial charge in [-0.1, -0.05) is 32.1 Å². The van der Waals surface area contributed by atoms with E-state index < -0.39 is 0 Å². The number of hydrogen-bond donors (Lipinski definition) is 0. The highest BCUT2D eigenvalue weighted by Gasteiger charge is 2.22. The minimum absolute atomic E-state index is 0.0496. The van der Waals surface area contributed by atoms with Crippen molar-refractivity contribution in [2.75, 3.05) is 0 Å². The molecule has 0 aliphatic heterocycles. The Bertz CT molecular complexity index is 527. The summed E-state index contributed by atoms with van der Waals surface area (Å²) >= 11 is 6.75. The molecule has 4 nitrogen and oxygen atoms in total. The van der Waals surface area contributed by atoms with E-state index in [1.165, 1.54) is 11.8 Å². The summed E-state index contributed by atoms with van der Waals surface area (Å²) in [7, 11) is 1.93. The van der Waals surface area contributed by atoms with Gasteiger partial charge in [0, 0.05) is 12.5 Å². The van der Waals surface area contributed by atoms with Crippen molar-refractivity contribution >= 4 is 39.0 Å². The molecule has 2 rings (SSSR count). The Morgan fingerprint density at radius 3 is 2.59 bits per heavy atom. The molecule has 17 heavy (non-hydrogen) atoms. The van der Waals surface area contributed by atoms with Crippen molar-refractivity contribution in [3.8, 4) is 0 Å². The van der Waals surface area contributed by atoms with Crippen LogP contribution in [-0.2, 0) is 12.5 Å². The van der Waals surface area contributed by atoms with Crippen molar-refractivity contribution < 1.29 is 0 Å². The molecule has 0 atom stereocenters. The minimum atomic E-state index is 0.0496. The van der Waals surface area contributed by atoms with Crippen molar-refractivity contribution in [3.63, 3.8) is 0 Å². The van der Waals surface area contributed by atoms with E-state index in [0.29, 0.717) is 0 Å². The Hall–Kier alpha value is -0.400. The minimum Gasteiger partial charge on any atom is -0.311 e. The lowest BCUT2D eigenvalue weighted by atomic mass is 9.93. The van der Waals surface area contributed by atoms with Crippen LogP contribution in [0.1, 0.15) is 26.5 Å². The number of aryl methyl sites for hydroxylation is 1. The summed E-state index contributed by atoms with van der Waals surface area (Å²) in [6, 6.07) is 0. The molecule has 0 N–H and O–H groups in total. The van der Waals surface area contributed by atoms with E-state index in [9.17, 15) is 0 Å². The third-order valence-electron chi connectivity index (χ3n) is 2.13. The molecule has 2 heterocycles. The second-order valence-corrected chi connectivity index (χ2v) is 8.21. The highest BCUT2D eigenvalue weighted by molar-refractivity contribution is 9.11. The zero-order valence-corrected chi connectivity index (χ0v) is 13.3. The Labute approximate surface area is 117 Å². The predicted octanol–water partition coefficient (Wildman–Crippen LogP) is 3.48. The Morgan fingerprint density at radius 1 is 1.41 bits per heavy atom. The Kier molecular flexibility index (Phi) is 3.61. The van der Waals surface area contributed by atoms with Crippen molar-refractivity contribution in [3.05, 3.63) is 15.8 Å². The molecule has 0 saturated heterocycles. The van der Waals surface area contributed by atoms with E-state index in [1.54, 1.807) is 17.7 Å². The quantitative estimate of drug-likeness (QED) is 0.844. The van der Waals surface area contributed by atoms with Crippen LogP contribution in [0.5, 0.6) is 0 Å². The number of aromatic nitrogens is 4. The molecule has 7 heteroatoms. The molecule has 0 bridgehead atoms. The number of rotatable bonds is 2. The fraction of sp³-hybridized carbons (Fsp3) is 0.500. The third kappa shape index (κ3) is 2.89. The van der Waals surface area contributed by atoms with Crippen molar-refractivity contribution in [1.82, 2.24) is 19.7 Å². The smallest absolute Gasteiger partial charge is 0.197 e. The van der Waals surface area contributed by atoms with Gasteiger partial charge in [-0.15, -0.1) is 10.2 Å². The first kappa shape index (κ1) is 13.0. The largest absolute Gasteiger partial charge is 0.311 e.